The predicted molar refractivity (Wildman–Crippen MR) is 47.7 cm³/mol. The summed E-state index contributed by atoms with van der Waals surface area (Å²) in [5.41, 5.74) is 0.931. The fourth-order valence-corrected chi connectivity index (χ4v) is 1.53. The van der Waals surface area contributed by atoms with Crippen molar-refractivity contribution in [2.24, 2.45) is 5.92 Å². The number of rotatable bonds is 2. The van der Waals surface area contributed by atoms with Crippen LogP contribution in [0.5, 0.6) is 0 Å². The van der Waals surface area contributed by atoms with E-state index in [9.17, 15) is 4.79 Å². The average Bonchev–Trinajstić information content (AvgIpc) is 2.20. The highest BCUT2D eigenvalue weighted by atomic mass is 16.5. The molecule has 0 aromatic rings. The quantitative estimate of drug-likeness (QED) is 0.479. The van der Waals surface area contributed by atoms with Crippen LogP contribution < -0.4 is 0 Å². The number of allylic oxidation sites excluding steroid dienone is 1. The number of hydrogen-bond acceptors (Lipinski definition) is 3. The number of carbonyl (C=O) groups excluding carboxylic acids is 1. The molecule has 0 saturated heterocycles. The van der Waals surface area contributed by atoms with Gasteiger partial charge in [0, 0.05) is 0 Å². The summed E-state index contributed by atoms with van der Waals surface area (Å²) < 4.78 is 4.55. The zero-order valence-electron chi connectivity index (χ0n) is 7.75. The average molecular weight is 179 g/mol. The van der Waals surface area contributed by atoms with E-state index in [2.05, 4.69) is 4.74 Å². The second-order valence-electron chi connectivity index (χ2n) is 3.11. The fourth-order valence-electron chi connectivity index (χ4n) is 1.53. The number of esters is 1. The summed E-state index contributed by atoms with van der Waals surface area (Å²) in [6, 6.07) is 1.98. The van der Waals surface area contributed by atoms with E-state index in [0.29, 0.717) is 0 Å². The lowest BCUT2D eigenvalue weighted by atomic mass is 9.90. The molecule has 0 aliphatic heterocycles. The molecule has 13 heavy (non-hydrogen) atoms. The molecule has 0 heterocycles. The highest BCUT2D eigenvalue weighted by Gasteiger charge is 2.23. The molecule has 3 heteroatoms. The van der Waals surface area contributed by atoms with E-state index in [-0.39, 0.29) is 0 Å². The summed E-state index contributed by atoms with van der Waals surface area (Å²) in [5.74, 6) is -1.11. The number of nitriles is 1. The summed E-state index contributed by atoms with van der Waals surface area (Å²) in [7, 11) is 1.32. The molecule has 0 radical (unpaired) electrons. The minimum atomic E-state index is -0.676. The van der Waals surface area contributed by atoms with E-state index in [1.54, 1.807) is 0 Å². The third kappa shape index (κ3) is 2.32. The van der Waals surface area contributed by atoms with Gasteiger partial charge >= 0.3 is 5.97 Å². The Bertz CT molecular complexity index is 263. The summed E-state index contributed by atoms with van der Waals surface area (Å²) in [5, 5.41) is 8.79. The molecule has 0 N–H and O–H groups in total. The molecular formula is C10H13NO2. The van der Waals surface area contributed by atoms with E-state index < -0.39 is 11.9 Å². The molecule has 3 nitrogen and oxygen atoms in total. The lowest BCUT2D eigenvalue weighted by molar-refractivity contribution is -0.142. The highest BCUT2D eigenvalue weighted by molar-refractivity contribution is 5.78. The van der Waals surface area contributed by atoms with Crippen LogP contribution in [-0.4, -0.2) is 13.1 Å². The van der Waals surface area contributed by atoms with Crippen molar-refractivity contribution in [1.82, 2.24) is 0 Å². The van der Waals surface area contributed by atoms with Gasteiger partial charge in [0.2, 0.25) is 0 Å². The third-order valence-electron chi connectivity index (χ3n) is 2.26. The minimum Gasteiger partial charge on any atom is -0.468 e. The van der Waals surface area contributed by atoms with Crippen molar-refractivity contribution in [2.45, 2.75) is 25.7 Å². The van der Waals surface area contributed by atoms with Crippen LogP contribution in [0.3, 0.4) is 0 Å². The van der Waals surface area contributed by atoms with Crippen LogP contribution in [0.15, 0.2) is 11.6 Å². The van der Waals surface area contributed by atoms with Crippen molar-refractivity contribution in [3.8, 4) is 6.07 Å². The fraction of sp³-hybridized carbons (Fsp3) is 0.600. The molecule has 0 amide bonds. The van der Waals surface area contributed by atoms with Crippen LogP contribution in [0.4, 0.5) is 0 Å². The van der Waals surface area contributed by atoms with E-state index in [1.165, 1.54) is 7.11 Å². The normalized spacial score (nSPS) is 18.3. The Balaban J connectivity index is 2.72. The van der Waals surface area contributed by atoms with E-state index in [4.69, 9.17) is 5.26 Å². The van der Waals surface area contributed by atoms with Crippen LogP contribution >= 0.6 is 0 Å². The molecule has 1 atom stereocenters. The minimum absolute atomic E-state index is 0.435. The van der Waals surface area contributed by atoms with Gasteiger partial charge in [0.25, 0.3) is 0 Å². The van der Waals surface area contributed by atoms with Gasteiger partial charge in [0.15, 0.2) is 5.92 Å². The molecule has 0 aromatic carbocycles. The van der Waals surface area contributed by atoms with Crippen LogP contribution in [-0.2, 0) is 9.53 Å². The smallest absolute Gasteiger partial charge is 0.327 e. The molecule has 0 bridgehead atoms. The maximum Gasteiger partial charge on any atom is 0.327 e. The van der Waals surface area contributed by atoms with Gasteiger partial charge in [-0.1, -0.05) is 6.08 Å². The van der Waals surface area contributed by atoms with Crippen molar-refractivity contribution < 1.29 is 9.53 Å². The molecule has 1 aliphatic carbocycles. The van der Waals surface area contributed by atoms with Crippen LogP contribution in [0, 0.1) is 17.2 Å². The molecule has 1 rings (SSSR count). The Labute approximate surface area is 78.0 Å². The van der Waals surface area contributed by atoms with Crippen molar-refractivity contribution >= 4 is 5.97 Å². The number of hydrogen-bond donors (Lipinski definition) is 0. The Morgan fingerprint density at radius 2 is 2.46 bits per heavy atom. The van der Waals surface area contributed by atoms with E-state index in [1.807, 2.05) is 12.1 Å². The number of methoxy groups -OCH3 is 1. The molecule has 70 valence electrons. The van der Waals surface area contributed by atoms with Crippen LogP contribution in [0.2, 0.25) is 0 Å². The molecule has 0 fully saturated rings. The summed E-state index contributed by atoms with van der Waals surface area (Å²) in [6.45, 7) is 0. The number of carbonyl (C=O) groups is 1. The lowest BCUT2D eigenvalue weighted by Crippen LogP contribution is -2.17. The standard InChI is InChI=1S/C10H13NO2/c1-13-10(12)9(7-11)8-5-3-2-4-6-8/h5,9H,2-4,6H2,1H3. The summed E-state index contributed by atoms with van der Waals surface area (Å²) >= 11 is 0. The highest BCUT2D eigenvalue weighted by Crippen LogP contribution is 2.24. The van der Waals surface area contributed by atoms with E-state index >= 15 is 0 Å². The first-order valence-corrected chi connectivity index (χ1v) is 4.46. The number of ether oxygens (including phenoxy) is 1. The van der Waals surface area contributed by atoms with E-state index in [0.717, 1.165) is 31.3 Å². The third-order valence-corrected chi connectivity index (χ3v) is 2.26. The maximum atomic E-state index is 11.2. The SMILES string of the molecule is COC(=O)C(C#N)C1=CCCCC1. The monoisotopic (exact) mass is 179 g/mol. The first-order valence-electron chi connectivity index (χ1n) is 4.46. The Morgan fingerprint density at radius 3 is 2.92 bits per heavy atom. The van der Waals surface area contributed by atoms with Gasteiger partial charge in [-0.15, -0.1) is 0 Å². The zero-order chi connectivity index (χ0) is 9.68. The van der Waals surface area contributed by atoms with Gasteiger partial charge in [0.1, 0.15) is 0 Å². The molecular weight excluding hydrogens is 166 g/mol. The Kier molecular flexibility index (Phi) is 3.51. The Morgan fingerprint density at radius 1 is 1.69 bits per heavy atom. The van der Waals surface area contributed by atoms with Gasteiger partial charge in [-0.3, -0.25) is 4.79 Å². The molecule has 1 aliphatic rings. The maximum absolute atomic E-state index is 11.2. The van der Waals surface area contributed by atoms with Gasteiger partial charge in [-0.25, -0.2) is 0 Å². The topological polar surface area (TPSA) is 50.1 Å². The van der Waals surface area contributed by atoms with Gasteiger partial charge in [0.05, 0.1) is 13.2 Å². The van der Waals surface area contributed by atoms with Gasteiger partial charge in [-0.2, -0.15) is 5.26 Å². The van der Waals surface area contributed by atoms with Crippen molar-refractivity contribution in [3.63, 3.8) is 0 Å². The predicted octanol–water partition coefficient (Wildman–Crippen LogP) is 1.80. The largest absolute Gasteiger partial charge is 0.468 e. The van der Waals surface area contributed by atoms with Crippen LogP contribution in [0.25, 0.3) is 0 Å². The first kappa shape index (κ1) is 9.79. The molecule has 0 aromatic heterocycles. The second-order valence-corrected chi connectivity index (χ2v) is 3.11. The summed E-state index contributed by atoms with van der Waals surface area (Å²) in [6.07, 6.45) is 6.05. The molecule has 0 saturated carbocycles. The van der Waals surface area contributed by atoms with Crippen molar-refractivity contribution in [1.29, 1.82) is 5.26 Å². The number of nitrogens with zero attached hydrogens (tertiary/aromatic N) is 1. The van der Waals surface area contributed by atoms with Gasteiger partial charge < -0.3 is 4.74 Å². The second kappa shape index (κ2) is 4.66. The Hall–Kier alpha value is -1.30. The zero-order valence-corrected chi connectivity index (χ0v) is 7.75. The van der Waals surface area contributed by atoms with Crippen molar-refractivity contribution in [2.75, 3.05) is 7.11 Å². The van der Waals surface area contributed by atoms with Crippen molar-refractivity contribution in [3.05, 3.63) is 11.6 Å². The van der Waals surface area contributed by atoms with Gasteiger partial charge in [-0.05, 0) is 31.3 Å². The molecule has 1 unspecified atom stereocenters. The summed E-state index contributed by atoms with van der Waals surface area (Å²) in [4.78, 5) is 11.2. The molecule has 0 spiro atoms. The first-order chi connectivity index (χ1) is 6.29. The van der Waals surface area contributed by atoms with Crippen LogP contribution in [0.1, 0.15) is 25.7 Å². The lowest BCUT2D eigenvalue weighted by Gasteiger charge is -2.15.